The van der Waals surface area contributed by atoms with Crippen LogP contribution in [-0.4, -0.2) is 57.6 Å². The van der Waals surface area contributed by atoms with Crippen LogP contribution < -0.4 is 10.2 Å². The lowest BCUT2D eigenvalue weighted by molar-refractivity contribution is -0.192. The Balaban J connectivity index is 0.000000255. The largest absolute Gasteiger partial charge is 0.490 e. The molecule has 0 radical (unpaired) electrons. The second-order valence-electron chi connectivity index (χ2n) is 7.03. The number of para-hydroxylation sites is 1. The van der Waals surface area contributed by atoms with Crippen molar-refractivity contribution in [2.45, 2.75) is 31.1 Å². The van der Waals surface area contributed by atoms with Crippen molar-refractivity contribution in [2.24, 2.45) is 0 Å². The van der Waals surface area contributed by atoms with E-state index >= 15 is 0 Å². The minimum atomic E-state index is -5.08. The molecule has 154 valence electrons. The molecule has 3 N–H and O–H groups in total. The zero-order chi connectivity index (χ0) is 20.6. The lowest BCUT2D eigenvalue weighted by Crippen LogP contribution is -2.60. The molecule has 0 amide bonds. The van der Waals surface area contributed by atoms with E-state index in [1.54, 1.807) is 16.8 Å². The Morgan fingerprint density at radius 1 is 1.24 bits per heavy atom. The van der Waals surface area contributed by atoms with Crippen LogP contribution in [0.15, 0.2) is 29.8 Å². The standard InChI is InChI=1S/C16H17N5S.C2HF3O2/c1-2-4-14-12(3-1)13-5-10(6-15(13)19-14)18-11-7-21(8-11)16-20-17-9-22-16;3-2(4,5)1(6)7/h1-4,9-11,18-19H,5-8H2;(H,6,7). The Kier molecular flexibility index (Phi) is 5.17. The highest BCUT2D eigenvalue weighted by atomic mass is 32.1. The van der Waals surface area contributed by atoms with Crippen LogP contribution in [0.5, 0.6) is 0 Å². The number of benzene rings is 1. The van der Waals surface area contributed by atoms with Crippen molar-refractivity contribution in [3.8, 4) is 0 Å². The number of halogens is 3. The summed E-state index contributed by atoms with van der Waals surface area (Å²) in [6, 6.07) is 9.76. The topological polar surface area (TPSA) is 94.1 Å². The summed E-state index contributed by atoms with van der Waals surface area (Å²) in [7, 11) is 0. The Morgan fingerprint density at radius 2 is 1.97 bits per heavy atom. The fourth-order valence-corrected chi connectivity index (χ4v) is 4.31. The Morgan fingerprint density at radius 3 is 2.62 bits per heavy atom. The number of H-pyrrole nitrogens is 1. The van der Waals surface area contributed by atoms with Gasteiger partial charge in [-0.15, -0.1) is 10.2 Å². The number of nitrogens with one attached hydrogen (secondary N) is 2. The van der Waals surface area contributed by atoms with Crippen LogP contribution in [0, 0.1) is 0 Å². The van der Waals surface area contributed by atoms with Gasteiger partial charge in [-0.1, -0.05) is 29.5 Å². The molecule has 1 saturated heterocycles. The van der Waals surface area contributed by atoms with Gasteiger partial charge >= 0.3 is 12.1 Å². The molecule has 7 nitrogen and oxygen atoms in total. The predicted octanol–water partition coefficient (Wildman–Crippen LogP) is 2.60. The summed E-state index contributed by atoms with van der Waals surface area (Å²) >= 11 is 1.62. The SMILES string of the molecule is O=C(O)C(F)(F)F.c1ccc2c3c([nH]c2c1)CC(NC1CN(c2nncs2)C1)C3. The van der Waals surface area contributed by atoms with Gasteiger partial charge in [0.05, 0.1) is 0 Å². The second kappa shape index (κ2) is 7.64. The number of alkyl halides is 3. The number of carboxylic acids is 1. The Bertz CT molecular complexity index is 999. The molecule has 29 heavy (non-hydrogen) atoms. The molecule has 2 aromatic heterocycles. The highest BCUT2D eigenvalue weighted by Crippen LogP contribution is 2.31. The average Bonchev–Trinajstić information content (AvgIpc) is 3.33. The number of aromatic amines is 1. The Labute approximate surface area is 167 Å². The molecule has 1 atom stereocenters. The molecule has 1 aliphatic carbocycles. The van der Waals surface area contributed by atoms with E-state index in [-0.39, 0.29) is 0 Å². The number of carbonyl (C=O) groups is 1. The predicted molar refractivity (Wildman–Crippen MR) is 102 cm³/mol. The molecule has 11 heteroatoms. The molecule has 2 aliphatic rings. The number of aliphatic carboxylic acids is 1. The number of carboxylic acid groups (broad SMARTS) is 1. The van der Waals surface area contributed by atoms with Gasteiger partial charge in [-0.25, -0.2) is 4.79 Å². The monoisotopic (exact) mass is 425 g/mol. The number of hydrogen-bond donors (Lipinski definition) is 3. The van der Waals surface area contributed by atoms with E-state index in [4.69, 9.17) is 9.90 Å². The van der Waals surface area contributed by atoms with E-state index in [0.29, 0.717) is 12.1 Å². The van der Waals surface area contributed by atoms with Gasteiger partial charge in [0.2, 0.25) is 5.13 Å². The van der Waals surface area contributed by atoms with Crippen molar-refractivity contribution in [1.82, 2.24) is 20.5 Å². The van der Waals surface area contributed by atoms with Crippen LogP contribution in [0.2, 0.25) is 0 Å². The fourth-order valence-electron chi connectivity index (χ4n) is 3.72. The third kappa shape index (κ3) is 4.20. The summed E-state index contributed by atoms with van der Waals surface area (Å²) in [5.41, 5.74) is 5.99. The lowest BCUT2D eigenvalue weighted by atomic mass is 10.1. The highest BCUT2D eigenvalue weighted by Gasteiger charge is 2.38. The van der Waals surface area contributed by atoms with Crippen LogP contribution in [0.3, 0.4) is 0 Å². The summed E-state index contributed by atoms with van der Waals surface area (Å²) in [5, 5.41) is 21.4. The third-order valence-corrected chi connectivity index (χ3v) is 5.77. The number of hydrogen-bond acceptors (Lipinski definition) is 6. The maximum absolute atomic E-state index is 10.6. The first-order chi connectivity index (χ1) is 13.8. The van der Waals surface area contributed by atoms with Crippen LogP contribution in [0.25, 0.3) is 10.9 Å². The molecular weight excluding hydrogens is 407 g/mol. The van der Waals surface area contributed by atoms with Gasteiger partial charge in [0.1, 0.15) is 5.51 Å². The third-order valence-electron chi connectivity index (χ3n) is 5.02. The maximum Gasteiger partial charge on any atom is 0.490 e. The van der Waals surface area contributed by atoms with E-state index in [9.17, 15) is 13.2 Å². The lowest BCUT2D eigenvalue weighted by Gasteiger charge is -2.40. The first-order valence-corrected chi connectivity index (χ1v) is 9.85. The van der Waals surface area contributed by atoms with Gasteiger partial charge in [-0.3, -0.25) is 0 Å². The normalized spacial score (nSPS) is 18.9. The van der Waals surface area contributed by atoms with Gasteiger partial charge in [0.15, 0.2) is 0 Å². The van der Waals surface area contributed by atoms with Crippen LogP contribution in [0.4, 0.5) is 18.3 Å². The number of nitrogens with zero attached hydrogens (tertiary/aromatic N) is 3. The van der Waals surface area contributed by atoms with E-state index in [0.717, 1.165) is 31.1 Å². The van der Waals surface area contributed by atoms with Crippen molar-refractivity contribution in [3.63, 3.8) is 0 Å². The summed E-state index contributed by atoms with van der Waals surface area (Å²) in [6.07, 6.45) is -2.84. The zero-order valence-corrected chi connectivity index (χ0v) is 15.9. The summed E-state index contributed by atoms with van der Waals surface area (Å²) in [6.45, 7) is 2.08. The number of rotatable bonds is 3. The average molecular weight is 425 g/mol. The summed E-state index contributed by atoms with van der Waals surface area (Å²) in [5.74, 6) is -2.76. The van der Waals surface area contributed by atoms with Crippen LogP contribution in [0.1, 0.15) is 11.3 Å². The van der Waals surface area contributed by atoms with E-state index in [1.165, 1.54) is 22.2 Å². The molecule has 5 rings (SSSR count). The van der Waals surface area contributed by atoms with Gasteiger partial charge in [-0.05, 0) is 18.1 Å². The molecule has 1 aliphatic heterocycles. The Hall–Kier alpha value is -2.66. The first kappa shape index (κ1) is 19.6. The van der Waals surface area contributed by atoms with E-state index in [2.05, 4.69) is 49.7 Å². The van der Waals surface area contributed by atoms with Crippen molar-refractivity contribution < 1.29 is 23.1 Å². The second-order valence-corrected chi connectivity index (χ2v) is 7.84. The maximum atomic E-state index is 10.6. The minimum absolute atomic E-state index is 0.562. The molecule has 0 saturated carbocycles. The highest BCUT2D eigenvalue weighted by molar-refractivity contribution is 7.13. The molecule has 3 heterocycles. The van der Waals surface area contributed by atoms with Gasteiger partial charge in [0.25, 0.3) is 0 Å². The molecular formula is C18H18F3N5O2S. The van der Waals surface area contributed by atoms with Crippen LogP contribution in [-0.2, 0) is 17.6 Å². The molecule has 1 unspecified atom stereocenters. The molecule has 0 bridgehead atoms. The molecule has 3 aromatic rings. The molecule has 0 spiro atoms. The smallest absolute Gasteiger partial charge is 0.475 e. The van der Waals surface area contributed by atoms with E-state index in [1.807, 2.05) is 0 Å². The van der Waals surface area contributed by atoms with Crippen molar-refractivity contribution in [3.05, 3.63) is 41.0 Å². The molecule has 1 aromatic carbocycles. The van der Waals surface area contributed by atoms with E-state index < -0.39 is 12.1 Å². The number of aromatic nitrogens is 3. The van der Waals surface area contributed by atoms with Crippen molar-refractivity contribution in [1.29, 1.82) is 0 Å². The van der Waals surface area contributed by atoms with Gasteiger partial charge < -0.3 is 20.3 Å². The number of fused-ring (bicyclic) bond motifs is 3. The van der Waals surface area contributed by atoms with Crippen molar-refractivity contribution in [2.75, 3.05) is 18.0 Å². The van der Waals surface area contributed by atoms with Gasteiger partial charge in [-0.2, -0.15) is 13.2 Å². The van der Waals surface area contributed by atoms with Crippen molar-refractivity contribution >= 4 is 33.3 Å². The van der Waals surface area contributed by atoms with Gasteiger partial charge in [0, 0.05) is 48.2 Å². The molecule has 1 fully saturated rings. The fraction of sp³-hybridized carbons (Fsp3) is 0.389. The summed E-state index contributed by atoms with van der Waals surface area (Å²) < 4.78 is 31.7. The van der Waals surface area contributed by atoms with Crippen LogP contribution >= 0.6 is 11.3 Å². The first-order valence-electron chi connectivity index (χ1n) is 8.97. The quantitative estimate of drug-likeness (QED) is 0.597. The number of anilines is 1. The zero-order valence-electron chi connectivity index (χ0n) is 15.1. The minimum Gasteiger partial charge on any atom is -0.475 e. The summed E-state index contributed by atoms with van der Waals surface area (Å²) in [4.78, 5) is 14.8.